The molecule has 9 aromatic carbocycles. The second-order valence-corrected chi connectivity index (χ2v) is 25.0. The Morgan fingerprint density at radius 1 is 0.541 bits per heavy atom. The zero-order valence-electron chi connectivity index (χ0n) is 43.2. The van der Waals surface area contributed by atoms with Crippen LogP contribution in [0.25, 0.3) is 65.4 Å². The molecule has 2 aliphatic heterocycles. The summed E-state index contributed by atoms with van der Waals surface area (Å²) >= 11 is 2.00. The molecule has 1 N–H and O–H groups in total. The summed E-state index contributed by atoms with van der Waals surface area (Å²) < 4.78 is 9.91. The van der Waals surface area contributed by atoms with Crippen LogP contribution in [-0.4, -0.2) is 7.28 Å². The normalized spacial score (nSPS) is 16.2. The Morgan fingerprint density at radius 2 is 1.18 bits per heavy atom. The maximum Gasteiger partial charge on any atom is 0.211 e. The molecule has 2 aromatic heterocycles. The number of hydrogen-bond acceptors (Lipinski definition) is 4. The van der Waals surface area contributed by atoms with Crippen molar-refractivity contribution in [1.82, 2.24) is 0 Å². The lowest BCUT2D eigenvalue weighted by Crippen LogP contribution is -2.39. The third-order valence-corrected chi connectivity index (χ3v) is 18.9. The molecule has 3 nitrogen and oxygen atoms in total. The molecule has 5 heteroatoms. The zero-order chi connectivity index (χ0) is 50.0. The number of hydrogen-bond donors (Lipinski definition) is 1. The van der Waals surface area contributed by atoms with Gasteiger partial charge in [0.15, 0.2) is 0 Å². The van der Waals surface area contributed by atoms with E-state index in [4.69, 9.17) is 4.42 Å². The highest BCUT2D eigenvalue weighted by molar-refractivity contribution is 7.29. The predicted molar refractivity (Wildman–Crippen MR) is 316 cm³/mol. The second kappa shape index (κ2) is 15.2. The van der Waals surface area contributed by atoms with Crippen LogP contribution in [0.15, 0.2) is 186 Å². The number of fused-ring (bicyclic) bond motifs is 17. The summed E-state index contributed by atoms with van der Waals surface area (Å²) in [6, 6.07) is 68.9. The van der Waals surface area contributed by atoms with E-state index in [1.165, 1.54) is 110 Å². The fraction of sp³-hybridized carbons (Fsp3) is 0.188. The third kappa shape index (κ3) is 5.96. The minimum atomic E-state index is -0.544. The van der Waals surface area contributed by atoms with Crippen LogP contribution in [-0.2, 0) is 21.7 Å². The van der Waals surface area contributed by atoms with Crippen LogP contribution in [0.5, 0.6) is 0 Å². The number of thiophene rings is 1. The molecule has 358 valence electrons. The van der Waals surface area contributed by atoms with Crippen molar-refractivity contribution >= 4 is 89.3 Å². The number of anilines is 5. The summed E-state index contributed by atoms with van der Waals surface area (Å²) in [5.74, 6) is 0. The first kappa shape index (κ1) is 43.9. The number of furan rings is 1. The van der Waals surface area contributed by atoms with Gasteiger partial charge in [-0.15, -0.1) is 11.3 Å². The highest BCUT2D eigenvalue weighted by atomic mass is 32.1. The van der Waals surface area contributed by atoms with Gasteiger partial charge in [-0.3, -0.25) is 0 Å². The SMILES string of the molecule is CC(C)(C)c1ccc(N2c3cc4oc5ccccc5c4c(-c4cccc5c4Nc4ccccc4C54c5ccccc5-c5ccccc54)c3Bc3sc4cc5c(cc4c32)C(C)(C)CCC5(C)C)c(-c2ccccc2)c1. The van der Waals surface area contributed by atoms with E-state index in [1.807, 2.05) is 11.3 Å². The van der Waals surface area contributed by atoms with Crippen molar-refractivity contribution in [3.63, 3.8) is 0 Å². The van der Waals surface area contributed by atoms with E-state index in [1.54, 1.807) is 0 Å². The van der Waals surface area contributed by atoms with Crippen molar-refractivity contribution in [1.29, 1.82) is 0 Å². The summed E-state index contributed by atoms with van der Waals surface area (Å²) in [7, 11) is 0.778. The average Bonchev–Trinajstić information content (AvgIpc) is 4.11. The standard InChI is InChI=1S/C69H57BN2OS/c1-66(2,3)41-32-33-55(46(36-41)40-20-9-8-10-21-40)72-56-39-58-60(44-24-13-18-31-57(44)73-58)61(62(56)70-65-64(72)47-37-52-53(38-59(47)74-65)68(6,7)35-34-67(52,4)5)45-25-19-29-51-63(45)71-54-30-17-16-28-50(54)69(51)48-26-14-11-22-42(48)43-23-12-15-27-49(43)69/h8-33,36-39,70-71H,34-35H2,1-7H3. The Balaban J connectivity index is 1.08. The molecule has 0 atom stereocenters. The van der Waals surface area contributed by atoms with Gasteiger partial charge in [0, 0.05) is 49.4 Å². The van der Waals surface area contributed by atoms with Gasteiger partial charge in [0.2, 0.25) is 7.28 Å². The minimum Gasteiger partial charge on any atom is -0.456 e. The van der Waals surface area contributed by atoms with E-state index in [9.17, 15) is 0 Å². The third-order valence-electron chi connectivity index (χ3n) is 17.7. The van der Waals surface area contributed by atoms with Crippen LogP contribution in [0, 0.1) is 0 Å². The van der Waals surface area contributed by atoms with Crippen LogP contribution >= 0.6 is 11.3 Å². The fourth-order valence-corrected chi connectivity index (χ4v) is 15.2. The summed E-state index contributed by atoms with van der Waals surface area (Å²) in [6.45, 7) is 16.8. The van der Waals surface area contributed by atoms with Crippen molar-refractivity contribution < 1.29 is 4.42 Å². The quantitative estimate of drug-likeness (QED) is 0.179. The van der Waals surface area contributed by atoms with Crippen LogP contribution in [0.2, 0.25) is 0 Å². The van der Waals surface area contributed by atoms with Gasteiger partial charge in [-0.25, -0.2) is 0 Å². The van der Waals surface area contributed by atoms with E-state index >= 15 is 0 Å². The van der Waals surface area contributed by atoms with Crippen molar-refractivity contribution in [2.45, 2.75) is 83.0 Å². The van der Waals surface area contributed by atoms with Crippen molar-refractivity contribution in [3.05, 3.63) is 221 Å². The molecule has 0 bridgehead atoms. The Morgan fingerprint density at radius 3 is 1.92 bits per heavy atom. The van der Waals surface area contributed by atoms with Crippen LogP contribution in [0.3, 0.4) is 0 Å². The fourth-order valence-electron chi connectivity index (χ4n) is 13.9. The van der Waals surface area contributed by atoms with Gasteiger partial charge < -0.3 is 14.6 Å². The van der Waals surface area contributed by atoms with Crippen LogP contribution in [0.1, 0.15) is 100 Å². The van der Waals surface area contributed by atoms with Crippen molar-refractivity contribution in [2.24, 2.45) is 0 Å². The summed E-state index contributed by atoms with van der Waals surface area (Å²) in [4.78, 5) is 2.66. The number of nitrogens with zero attached hydrogens (tertiary/aromatic N) is 1. The van der Waals surface area contributed by atoms with Gasteiger partial charge in [-0.1, -0.05) is 188 Å². The summed E-state index contributed by atoms with van der Waals surface area (Å²) in [6.07, 6.45) is 2.34. The van der Waals surface area contributed by atoms with E-state index in [0.717, 1.165) is 52.7 Å². The van der Waals surface area contributed by atoms with Gasteiger partial charge in [0.05, 0.1) is 22.5 Å². The second-order valence-electron chi connectivity index (χ2n) is 23.9. The smallest absolute Gasteiger partial charge is 0.211 e. The average molecular weight is 973 g/mol. The lowest BCUT2D eigenvalue weighted by atomic mass is 9.60. The molecule has 0 saturated carbocycles. The van der Waals surface area contributed by atoms with Crippen LogP contribution in [0.4, 0.5) is 28.4 Å². The molecular formula is C69H57BN2OS. The maximum absolute atomic E-state index is 7.17. The molecule has 0 radical (unpaired) electrons. The van der Waals surface area contributed by atoms with E-state index in [2.05, 4.69) is 241 Å². The topological polar surface area (TPSA) is 28.4 Å². The van der Waals surface area contributed by atoms with E-state index < -0.39 is 5.41 Å². The Kier molecular flexibility index (Phi) is 9.05. The molecule has 0 unspecified atom stereocenters. The Bertz CT molecular complexity index is 4160. The lowest BCUT2D eigenvalue weighted by molar-refractivity contribution is 0.332. The zero-order valence-corrected chi connectivity index (χ0v) is 44.0. The highest BCUT2D eigenvalue weighted by Crippen LogP contribution is 2.63. The molecule has 0 fully saturated rings. The first-order chi connectivity index (χ1) is 35.8. The minimum absolute atomic E-state index is 0.0527. The lowest BCUT2D eigenvalue weighted by Gasteiger charge is -2.42. The Labute approximate surface area is 438 Å². The molecule has 4 aliphatic rings. The molecular weight excluding hydrogens is 916 g/mol. The Hall–Kier alpha value is -7.60. The molecule has 1 spiro atoms. The number of rotatable bonds is 3. The molecule has 0 saturated heterocycles. The number of benzene rings is 9. The van der Waals surface area contributed by atoms with Gasteiger partial charge >= 0.3 is 0 Å². The maximum atomic E-state index is 7.17. The molecule has 15 rings (SSSR count). The van der Waals surface area contributed by atoms with E-state index in [-0.39, 0.29) is 16.2 Å². The summed E-state index contributed by atoms with van der Waals surface area (Å²) in [5.41, 5.74) is 25.4. The first-order valence-corrected chi connectivity index (χ1v) is 27.4. The van der Waals surface area contributed by atoms with E-state index in [0.29, 0.717) is 0 Å². The largest absolute Gasteiger partial charge is 0.456 e. The van der Waals surface area contributed by atoms with Gasteiger partial charge in [-0.2, -0.15) is 0 Å². The molecule has 4 heterocycles. The van der Waals surface area contributed by atoms with Gasteiger partial charge in [0.1, 0.15) is 11.2 Å². The molecule has 74 heavy (non-hydrogen) atoms. The van der Waals surface area contributed by atoms with Gasteiger partial charge in [-0.05, 0) is 137 Å². The van der Waals surface area contributed by atoms with Crippen LogP contribution < -0.4 is 20.5 Å². The highest BCUT2D eigenvalue weighted by Gasteiger charge is 2.51. The monoisotopic (exact) mass is 972 g/mol. The predicted octanol–water partition coefficient (Wildman–Crippen LogP) is 17.4. The molecule has 0 amide bonds. The van der Waals surface area contributed by atoms with Crippen molar-refractivity contribution in [2.75, 3.05) is 10.2 Å². The van der Waals surface area contributed by atoms with Gasteiger partial charge in [0.25, 0.3) is 0 Å². The number of nitrogens with one attached hydrogen (secondary N) is 1. The number of para-hydroxylation sites is 3. The summed E-state index contributed by atoms with van der Waals surface area (Å²) in [5, 5.41) is 7.79. The molecule has 11 aromatic rings. The van der Waals surface area contributed by atoms with Crippen molar-refractivity contribution in [3.8, 4) is 33.4 Å². The molecule has 2 aliphatic carbocycles. The first-order valence-electron chi connectivity index (χ1n) is 26.6.